The maximum absolute atomic E-state index is 13.0. The first-order chi connectivity index (χ1) is 12.8. The van der Waals surface area contributed by atoms with Crippen LogP contribution in [-0.2, 0) is 11.0 Å². The highest BCUT2D eigenvalue weighted by Crippen LogP contribution is 2.38. The molecule has 1 amide bonds. The Labute approximate surface area is 161 Å². The number of benzene rings is 1. The second kappa shape index (κ2) is 8.33. The van der Waals surface area contributed by atoms with E-state index >= 15 is 0 Å². The fourth-order valence-corrected chi connectivity index (χ4v) is 4.21. The number of alkyl halides is 3. The second-order valence-corrected chi connectivity index (χ2v) is 8.19. The molecule has 1 aliphatic rings. The molecular formula is C20H22F3N2OS-. The van der Waals surface area contributed by atoms with Gasteiger partial charge in [-0.3, -0.25) is 4.79 Å². The molecule has 2 aromatic rings. The van der Waals surface area contributed by atoms with Crippen LogP contribution in [0.1, 0.15) is 53.5 Å². The SMILES string of the molecule is Cc1ccc(C([N-]c2cccc(C(F)(F)F)c2)C(=O)NC2CCCCC2)s1. The van der Waals surface area contributed by atoms with E-state index in [1.165, 1.54) is 29.9 Å². The third kappa shape index (κ3) is 5.25. The maximum atomic E-state index is 13.0. The quantitative estimate of drug-likeness (QED) is 0.637. The number of carbonyl (C=O) groups is 1. The molecule has 1 atom stereocenters. The molecule has 7 heteroatoms. The molecule has 0 saturated heterocycles. The lowest BCUT2D eigenvalue weighted by molar-refractivity contribution is -0.137. The first-order valence-electron chi connectivity index (χ1n) is 9.08. The van der Waals surface area contributed by atoms with Gasteiger partial charge in [-0.15, -0.1) is 17.0 Å². The number of carbonyl (C=O) groups excluding carboxylic acids is 1. The largest absolute Gasteiger partial charge is 0.670 e. The number of amides is 1. The molecule has 1 saturated carbocycles. The minimum Gasteiger partial charge on any atom is -0.670 e. The molecule has 146 valence electrons. The lowest BCUT2D eigenvalue weighted by atomic mass is 9.95. The molecule has 0 radical (unpaired) electrons. The van der Waals surface area contributed by atoms with Crippen LogP contribution in [0.2, 0.25) is 0 Å². The van der Waals surface area contributed by atoms with Crippen molar-refractivity contribution in [1.82, 2.24) is 5.32 Å². The van der Waals surface area contributed by atoms with Crippen molar-refractivity contribution in [3.8, 4) is 0 Å². The van der Waals surface area contributed by atoms with Crippen LogP contribution in [0.15, 0.2) is 36.4 Å². The molecule has 3 rings (SSSR count). The summed E-state index contributed by atoms with van der Waals surface area (Å²) in [5.41, 5.74) is -0.614. The summed E-state index contributed by atoms with van der Waals surface area (Å²) in [5.74, 6) is -0.249. The minimum absolute atomic E-state index is 0.117. The molecule has 27 heavy (non-hydrogen) atoms. The number of hydrogen-bond acceptors (Lipinski definition) is 2. The van der Waals surface area contributed by atoms with Crippen LogP contribution in [0.25, 0.3) is 5.32 Å². The summed E-state index contributed by atoms with van der Waals surface area (Å²) in [4.78, 5) is 14.6. The maximum Gasteiger partial charge on any atom is 0.416 e. The highest BCUT2D eigenvalue weighted by molar-refractivity contribution is 7.12. The number of rotatable bonds is 5. The third-order valence-corrected chi connectivity index (χ3v) is 5.74. The predicted octanol–water partition coefficient (Wildman–Crippen LogP) is 6.27. The second-order valence-electron chi connectivity index (χ2n) is 6.87. The Morgan fingerprint density at radius 2 is 1.93 bits per heavy atom. The summed E-state index contributed by atoms with van der Waals surface area (Å²) in [6.45, 7) is 1.93. The van der Waals surface area contributed by atoms with Gasteiger partial charge < -0.3 is 10.6 Å². The smallest absolute Gasteiger partial charge is 0.416 e. The van der Waals surface area contributed by atoms with Crippen molar-refractivity contribution in [2.45, 2.75) is 57.3 Å². The number of aryl methyl sites for hydroxylation is 1. The fraction of sp³-hybridized carbons (Fsp3) is 0.450. The van der Waals surface area contributed by atoms with Gasteiger partial charge in [0.25, 0.3) is 0 Å². The van der Waals surface area contributed by atoms with E-state index < -0.39 is 17.8 Å². The molecule has 1 unspecified atom stereocenters. The van der Waals surface area contributed by atoms with E-state index in [4.69, 9.17) is 0 Å². The average molecular weight is 395 g/mol. The molecule has 3 nitrogen and oxygen atoms in total. The molecule has 0 aliphatic heterocycles. The van der Waals surface area contributed by atoms with Crippen molar-refractivity contribution in [2.75, 3.05) is 0 Å². The van der Waals surface area contributed by atoms with Crippen LogP contribution < -0.4 is 5.32 Å². The summed E-state index contributed by atoms with van der Waals surface area (Å²) in [6, 6.07) is 7.80. The van der Waals surface area contributed by atoms with Gasteiger partial charge in [-0.25, -0.2) is 0 Å². The third-order valence-electron chi connectivity index (χ3n) is 4.68. The van der Waals surface area contributed by atoms with Gasteiger partial charge in [-0.05, 0) is 42.8 Å². The number of thiophene rings is 1. The zero-order chi connectivity index (χ0) is 19.4. The normalized spacial score (nSPS) is 16.7. The van der Waals surface area contributed by atoms with Crippen molar-refractivity contribution >= 4 is 22.9 Å². The van der Waals surface area contributed by atoms with Gasteiger partial charge >= 0.3 is 6.18 Å². The topological polar surface area (TPSA) is 43.2 Å². The molecule has 1 aliphatic carbocycles. The summed E-state index contributed by atoms with van der Waals surface area (Å²) >= 11 is 1.44. The highest BCUT2D eigenvalue weighted by Gasteiger charge is 2.30. The van der Waals surface area contributed by atoms with Crippen molar-refractivity contribution in [3.63, 3.8) is 0 Å². The van der Waals surface area contributed by atoms with E-state index in [9.17, 15) is 18.0 Å². The first-order valence-corrected chi connectivity index (χ1v) is 9.89. The van der Waals surface area contributed by atoms with Crippen LogP contribution in [0.4, 0.5) is 18.9 Å². The van der Waals surface area contributed by atoms with Crippen LogP contribution in [0.3, 0.4) is 0 Å². The minimum atomic E-state index is -4.44. The fourth-order valence-electron chi connectivity index (χ4n) is 3.29. The molecule has 0 spiro atoms. The van der Waals surface area contributed by atoms with E-state index in [0.717, 1.165) is 47.6 Å². The molecule has 1 aromatic heterocycles. The van der Waals surface area contributed by atoms with Gasteiger partial charge in [0, 0.05) is 10.9 Å². The first kappa shape index (κ1) is 19.7. The van der Waals surface area contributed by atoms with Gasteiger partial charge in [0.05, 0.1) is 5.56 Å². The molecular weight excluding hydrogens is 373 g/mol. The summed E-state index contributed by atoms with van der Waals surface area (Å²) in [6.07, 6.45) is 0.771. The molecule has 0 bridgehead atoms. The van der Waals surface area contributed by atoms with E-state index in [-0.39, 0.29) is 17.6 Å². The Hall–Kier alpha value is -2.02. The van der Waals surface area contributed by atoms with Crippen molar-refractivity contribution in [2.24, 2.45) is 0 Å². The zero-order valence-electron chi connectivity index (χ0n) is 15.1. The van der Waals surface area contributed by atoms with Crippen LogP contribution in [0.5, 0.6) is 0 Å². The predicted molar refractivity (Wildman–Crippen MR) is 101 cm³/mol. The Bertz CT molecular complexity index is 782. The molecule has 1 aromatic carbocycles. The van der Waals surface area contributed by atoms with Crippen LogP contribution in [-0.4, -0.2) is 11.9 Å². The number of hydrogen-bond donors (Lipinski definition) is 1. The van der Waals surface area contributed by atoms with E-state index in [0.29, 0.717) is 0 Å². The van der Waals surface area contributed by atoms with Gasteiger partial charge in [0.15, 0.2) is 0 Å². The molecule has 1 fully saturated rings. The Kier molecular flexibility index (Phi) is 6.09. The Morgan fingerprint density at radius 1 is 1.19 bits per heavy atom. The lowest BCUT2D eigenvalue weighted by Crippen LogP contribution is -2.38. The van der Waals surface area contributed by atoms with Gasteiger partial charge in [-0.2, -0.15) is 13.2 Å². The highest BCUT2D eigenvalue weighted by atomic mass is 32.1. The van der Waals surface area contributed by atoms with Gasteiger partial charge in [-0.1, -0.05) is 43.5 Å². The standard InChI is InChI=1S/C20H22F3N2OS/c1-13-10-11-17(27-13)18(19(26)25-15-7-3-2-4-8-15)24-16-9-5-6-14(12-16)20(21,22)23/h5-6,9-12,15,18H,2-4,7-8H2,1H3,(H,25,26)/q-1. The summed E-state index contributed by atoms with van der Waals surface area (Å²) < 4.78 is 38.9. The Morgan fingerprint density at radius 3 is 2.56 bits per heavy atom. The number of nitrogens with one attached hydrogen (secondary N) is 1. The van der Waals surface area contributed by atoms with Gasteiger partial charge in [0.1, 0.15) is 0 Å². The van der Waals surface area contributed by atoms with Gasteiger partial charge in [0.2, 0.25) is 5.91 Å². The summed E-state index contributed by atoms with van der Waals surface area (Å²) in [5, 5.41) is 7.42. The zero-order valence-corrected chi connectivity index (χ0v) is 15.9. The van der Waals surface area contributed by atoms with Crippen LogP contribution in [0, 0.1) is 6.92 Å². The number of nitrogens with zero attached hydrogens (tertiary/aromatic N) is 1. The molecule has 1 N–H and O–H groups in total. The van der Waals surface area contributed by atoms with Crippen molar-refractivity contribution < 1.29 is 18.0 Å². The monoisotopic (exact) mass is 395 g/mol. The Balaban J connectivity index is 1.81. The van der Waals surface area contributed by atoms with E-state index in [1.807, 2.05) is 19.1 Å². The lowest BCUT2D eigenvalue weighted by Gasteiger charge is -2.34. The summed E-state index contributed by atoms with van der Waals surface area (Å²) in [7, 11) is 0. The molecule has 1 heterocycles. The van der Waals surface area contributed by atoms with E-state index in [2.05, 4.69) is 10.6 Å². The van der Waals surface area contributed by atoms with Crippen LogP contribution >= 0.6 is 11.3 Å². The van der Waals surface area contributed by atoms with E-state index in [1.54, 1.807) is 0 Å². The van der Waals surface area contributed by atoms with Crippen molar-refractivity contribution in [1.29, 1.82) is 0 Å². The average Bonchev–Trinajstić information content (AvgIpc) is 3.06. The number of halogens is 3. The van der Waals surface area contributed by atoms with Crippen molar-refractivity contribution in [3.05, 3.63) is 57.0 Å².